The van der Waals surface area contributed by atoms with E-state index in [1.807, 2.05) is 12.2 Å². The summed E-state index contributed by atoms with van der Waals surface area (Å²) in [6.45, 7) is 9.24. The van der Waals surface area contributed by atoms with Gasteiger partial charge in [-0.15, -0.1) is 0 Å². The van der Waals surface area contributed by atoms with Crippen molar-refractivity contribution < 1.29 is 0 Å². The third kappa shape index (κ3) is 2.43. The van der Waals surface area contributed by atoms with Gasteiger partial charge in [-0.3, -0.25) is 0 Å². The molecule has 0 saturated heterocycles. The van der Waals surface area contributed by atoms with E-state index in [1.165, 1.54) is 3.98 Å². The van der Waals surface area contributed by atoms with E-state index in [9.17, 15) is 0 Å². The number of rotatable bonds is 4. The Morgan fingerprint density at radius 2 is 1.67 bits per heavy atom. The molecule has 3 heteroatoms. The van der Waals surface area contributed by atoms with Crippen LogP contribution in [-0.2, 0) is 0 Å². The highest BCUT2D eigenvalue weighted by molar-refractivity contribution is 7.24. The molecule has 0 aromatic carbocycles. The molecule has 64 valence electrons. The van der Waals surface area contributed by atoms with Gasteiger partial charge in [0.1, 0.15) is 0 Å². The van der Waals surface area contributed by atoms with E-state index in [0.29, 0.717) is 0 Å². The first kappa shape index (κ1) is 9.42. The summed E-state index contributed by atoms with van der Waals surface area (Å²) in [5.74, 6) is 0. The molecule has 0 amide bonds. The van der Waals surface area contributed by atoms with Crippen LogP contribution in [-0.4, -0.2) is 13.1 Å². The van der Waals surface area contributed by atoms with E-state index in [1.54, 1.807) is 22.7 Å². The third-order valence-corrected chi connectivity index (χ3v) is 3.56. The van der Waals surface area contributed by atoms with Crippen molar-refractivity contribution in [1.82, 2.24) is 4.58 Å². The third-order valence-electron chi connectivity index (χ3n) is 1.35. The second-order valence-corrected chi connectivity index (χ2v) is 4.30. The molecule has 0 aliphatic carbocycles. The first-order valence-electron chi connectivity index (χ1n) is 3.70. The Hall–Kier alpha value is -0.670. The Balaban J connectivity index is 2.99. The lowest BCUT2D eigenvalue weighted by Crippen LogP contribution is -2.26. The van der Waals surface area contributed by atoms with Gasteiger partial charge in [0.2, 0.25) is 0 Å². The second-order valence-electron chi connectivity index (χ2n) is 2.26. The summed E-state index contributed by atoms with van der Waals surface area (Å²) >= 11 is 3.52. The average molecular weight is 198 g/mol. The predicted molar refractivity (Wildman–Crippen MR) is 57.6 cm³/mol. The Bertz CT molecular complexity index is 291. The molecular weight excluding hydrogens is 186 g/mol. The van der Waals surface area contributed by atoms with Crippen LogP contribution in [0.2, 0.25) is 0 Å². The lowest BCUT2D eigenvalue weighted by atomic mass is 10.5. The lowest BCUT2D eigenvalue weighted by Gasteiger charge is -1.92. The number of nitrogens with zero attached hydrogens (tertiary/aromatic N) is 1. The Morgan fingerprint density at radius 1 is 1.17 bits per heavy atom. The maximum absolute atomic E-state index is 3.73. The van der Waals surface area contributed by atoms with Gasteiger partial charge in [0.25, 0.3) is 0 Å². The van der Waals surface area contributed by atoms with Crippen LogP contribution in [0.4, 0.5) is 0 Å². The molecule has 1 aromatic rings. The molecule has 0 saturated carbocycles. The largest absolute Gasteiger partial charge is 0.314 e. The fourth-order valence-corrected chi connectivity index (χ4v) is 2.71. The van der Waals surface area contributed by atoms with Crippen molar-refractivity contribution in [2.45, 2.75) is 0 Å². The summed E-state index contributed by atoms with van der Waals surface area (Å²) in [5, 5.41) is 4.19. The fourth-order valence-electron chi connectivity index (χ4n) is 0.884. The molecule has 0 radical (unpaired) electrons. The van der Waals surface area contributed by atoms with Gasteiger partial charge in [-0.25, -0.2) is 4.58 Å². The quantitative estimate of drug-likeness (QED) is 0.514. The van der Waals surface area contributed by atoms with Crippen molar-refractivity contribution in [3.63, 3.8) is 0 Å². The zero-order chi connectivity index (χ0) is 8.81. The number of hydrogen-bond acceptors (Lipinski definition) is 2. The predicted octanol–water partition coefficient (Wildman–Crippen LogP) is 1.95. The normalized spacial score (nSPS) is 9.33. The van der Waals surface area contributed by atoms with Crippen molar-refractivity contribution in [2.24, 2.45) is 0 Å². The maximum atomic E-state index is 3.73. The zero-order valence-corrected chi connectivity index (χ0v) is 8.53. The molecule has 0 spiro atoms. The average Bonchev–Trinajstić information content (AvgIpc) is 2.56. The van der Waals surface area contributed by atoms with Crippen LogP contribution in [0.3, 0.4) is 0 Å². The van der Waals surface area contributed by atoms with E-state index < -0.39 is 0 Å². The molecule has 0 aliphatic rings. The molecule has 1 rings (SSSR count). The first-order valence-corrected chi connectivity index (χ1v) is 5.46. The monoisotopic (exact) mass is 198 g/mol. The highest BCUT2D eigenvalue weighted by Gasteiger charge is 2.00. The first-order chi connectivity index (χ1) is 5.88. The molecule has 1 nitrogen and oxygen atoms in total. The molecule has 1 aromatic heterocycles. The highest BCUT2D eigenvalue weighted by Crippen LogP contribution is 1.93. The minimum atomic E-state index is 0.892. The standard InChI is InChI=1S/C9H12NS2/c1-3-5-10(6-4-2)9-11-7-8-12-9/h3-4,7-8H,1-2,5-6H2/q+1. The molecule has 0 bridgehead atoms. The summed E-state index contributed by atoms with van der Waals surface area (Å²) in [6, 6.07) is 0. The van der Waals surface area contributed by atoms with Crippen LogP contribution in [0.25, 0.3) is 0 Å². The van der Waals surface area contributed by atoms with Crippen LogP contribution in [0.15, 0.2) is 36.1 Å². The SMILES string of the molecule is C=CC[N+](CC=C)=c1sccs1. The summed E-state index contributed by atoms with van der Waals surface area (Å²) < 4.78 is 3.56. The number of hydrogen-bond donors (Lipinski definition) is 0. The van der Waals surface area contributed by atoms with E-state index in [4.69, 9.17) is 0 Å². The van der Waals surface area contributed by atoms with Crippen molar-refractivity contribution in [3.05, 3.63) is 40.1 Å². The Kier molecular flexibility index (Phi) is 3.97. The molecule has 0 aliphatic heterocycles. The molecule has 1 heterocycles. The van der Waals surface area contributed by atoms with Gasteiger partial charge in [0.15, 0.2) is 13.1 Å². The molecular formula is C9H12NS2+. The molecule has 0 atom stereocenters. The summed E-state index contributed by atoms with van der Waals surface area (Å²) in [4.78, 5) is 0. The van der Waals surface area contributed by atoms with E-state index in [-0.39, 0.29) is 0 Å². The van der Waals surface area contributed by atoms with Crippen LogP contribution in [0.5, 0.6) is 0 Å². The highest BCUT2D eigenvalue weighted by atomic mass is 32.2. The Labute approximate surface area is 80.6 Å². The van der Waals surface area contributed by atoms with Crippen LogP contribution >= 0.6 is 22.7 Å². The molecule has 0 unspecified atom stereocenters. The maximum Gasteiger partial charge on any atom is 0.314 e. The van der Waals surface area contributed by atoms with E-state index in [0.717, 1.165) is 13.1 Å². The van der Waals surface area contributed by atoms with Gasteiger partial charge in [-0.05, 0) is 12.2 Å². The van der Waals surface area contributed by atoms with Gasteiger partial charge < -0.3 is 0 Å². The summed E-state index contributed by atoms with van der Waals surface area (Å²) in [6.07, 6.45) is 3.83. The van der Waals surface area contributed by atoms with Crippen LogP contribution in [0, 0.1) is 0 Å². The lowest BCUT2D eigenvalue weighted by molar-refractivity contribution is 0.707. The van der Waals surface area contributed by atoms with Gasteiger partial charge in [0.05, 0.1) is 0 Å². The van der Waals surface area contributed by atoms with E-state index >= 15 is 0 Å². The fraction of sp³-hybridized carbons (Fsp3) is 0.222. The Morgan fingerprint density at radius 3 is 2.08 bits per heavy atom. The zero-order valence-electron chi connectivity index (χ0n) is 6.90. The van der Waals surface area contributed by atoms with Crippen LogP contribution in [0.1, 0.15) is 0 Å². The molecule has 0 N–H and O–H groups in total. The molecule has 12 heavy (non-hydrogen) atoms. The minimum Gasteiger partial charge on any atom is -0.205 e. The van der Waals surface area contributed by atoms with Crippen molar-refractivity contribution >= 4 is 22.7 Å². The van der Waals surface area contributed by atoms with Gasteiger partial charge in [-0.1, -0.05) is 35.8 Å². The second kappa shape index (κ2) is 5.06. The van der Waals surface area contributed by atoms with Crippen molar-refractivity contribution in [2.75, 3.05) is 13.1 Å². The topological polar surface area (TPSA) is 3.01 Å². The summed E-state index contributed by atoms with van der Waals surface area (Å²) in [5.41, 5.74) is 0. The van der Waals surface area contributed by atoms with Crippen molar-refractivity contribution in [1.29, 1.82) is 0 Å². The smallest absolute Gasteiger partial charge is 0.205 e. The van der Waals surface area contributed by atoms with Gasteiger partial charge in [0, 0.05) is 10.8 Å². The minimum absolute atomic E-state index is 0.892. The summed E-state index contributed by atoms with van der Waals surface area (Å²) in [7, 11) is 0. The van der Waals surface area contributed by atoms with Gasteiger partial charge in [-0.2, -0.15) is 0 Å². The van der Waals surface area contributed by atoms with Gasteiger partial charge >= 0.3 is 3.98 Å². The van der Waals surface area contributed by atoms with Crippen molar-refractivity contribution in [3.8, 4) is 0 Å². The van der Waals surface area contributed by atoms with Crippen LogP contribution < -0.4 is 8.56 Å². The molecule has 0 fully saturated rings. The van der Waals surface area contributed by atoms with E-state index in [2.05, 4.69) is 28.5 Å².